The van der Waals surface area contributed by atoms with Crippen molar-refractivity contribution in [3.05, 3.63) is 70.9 Å². The molecule has 1 heterocycles. The average molecular weight is 307 g/mol. The van der Waals surface area contributed by atoms with Gasteiger partial charge >= 0.3 is 5.97 Å². The Labute approximate surface area is 135 Å². The van der Waals surface area contributed by atoms with Gasteiger partial charge in [-0.1, -0.05) is 29.8 Å². The first kappa shape index (κ1) is 15.0. The molecule has 0 N–H and O–H groups in total. The van der Waals surface area contributed by atoms with Crippen molar-refractivity contribution >= 4 is 17.9 Å². The van der Waals surface area contributed by atoms with Crippen molar-refractivity contribution in [3.8, 4) is 5.75 Å². The first-order valence-corrected chi connectivity index (χ1v) is 7.48. The molecule has 1 aliphatic heterocycles. The molecule has 0 aliphatic carbocycles. The van der Waals surface area contributed by atoms with E-state index in [0.29, 0.717) is 18.2 Å². The summed E-state index contributed by atoms with van der Waals surface area (Å²) in [5.74, 6) is 0.707. The van der Waals surface area contributed by atoms with Gasteiger partial charge in [0.25, 0.3) is 0 Å². The Morgan fingerprint density at radius 3 is 2.65 bits per heavy atom. The van der Waals surface area contributed by atoms with Gasteiger partial charge in [0.1, 0.15) is 5.75 Å². The van der Waals surface area contributed by atoms with E-state index in [9.17, 15) is 4.79 Å². The number of carbonyl (C=O) groups excluding carboxylic acids is 1. The highest BCUT2D eigenvalue weighted by Crippen LogP contribution is 2.21. The predicted molar refractivity (Wildman–Crippen MR) is 89.4 cm³/mol. The van der Waals surface area contributed by atoms with E-state index in [2.05, 4.69) is 4.99 Å². The molecule has 2 aromatic rings. The van der Waals surface area contributed by atoms with Crippen LogP contribution >= 0.6 is 0 Å². The van der Waals surface area contributed by atoms with Crippen LogP contribution < -0.4 is 4.74 Å². The minimum absolute atomic E-state index is 0.297. The van der Waals surface area contributed by atoms with Crippen molar-refractivity contribution < 1.29 is 14.3 Å². The Morgan fingerprint density at radius 1 is 1.17 bits per heavy atom. The van der Waals surface area contributed by atoms with Crippen LogP contribution in [0.5, 0.6) is 5.75 Å². The van der Waals surface area contributed by atoms with Gasteiger partial charge in [0.15, 0.2) is 5.70 Å². The lowest BCUT2D eigenvalue weighted by atomic mass is 10.1. The summed E-state index contributed by atoms with van der Waals surface area (Å²) in [4.78, 5) is 16.3. The number of hydrogen-bond donors (Lipinski definition) is 0. The molecule has 23 heavy (non-hydrogen) atoms. The minimum Gasteiger partial charge on any atom is -0.494 e. The molecule has 0 bridgehead atoms. The van der Waals surface area contributed by atoms with Crippen molar-refractivity contribution in [2.24, 2.45) is 4.99 Å². The number of esters is 1. The fourth-order valence-electron chi connectivity index (χ4n) is 2.30. The fourth-order valence-corrected chi connectivity index (χ4v) is 2.30. The summed E-state index contributed by atoms with van der Waals surface area (Å²) < 4.78 is 10.7. The van der Waals surface area contributed by atoms with Crippen LogP contribution in [0.3, 0.4) is 0 Å². The molecule has 0 saturated carbocycles. The molecule has 0 saturated heterocycles. The molecule has 4 heteroatoms. The van der Waals surface area contributed by atoms with Crippen LogP contribution in [-0.2, 0) is 9.53 Å². The van der Waals surface area contributed by atoms with Gasteiger partial charge in [-0.2, -0.15) is 0 Å². The van der Waals surface area contributed by atoms with Gasteiger partial charge in [-0.15, -0.1) is 0 Å². The third kappa shape index (κ3) is 3.48. The maximum absolute atomic E-state index is 12.0. The molecule has 4 nitrogen and oxygen atoms in total. The Balaban J connectivity index is 1.85. The molecule has 2 aromatic carbocycles. The second kappa shape index (κ2) is 6.48. The Kier molecular flexibility index (Phi) is 4.24. The normalized spacial score (nSPS) is 15.5. The standard InChI is InChI=1S/C19H17NO3/c1-3-22-16-9-7-14(8-10-16)12-17-19(21)23-18(20-17)15-6-4-5-13(2)11-15/h4-12H,3H2,1-2H3. The van der Waals surface area contributed by atoms with Crippen LogP contribution in [0.15, 0.2) is 59.2 Å². The molecule has 0 atom stereocenters. The maximum atomic E-state index is 12.0. The van der Waals surface area contributed by atoms with Crippen molar-refractivity contribution in [1.82, 2.24) is 0 Å². The van der Waals surface area contributed by atoms with Gasteiger partial charge < -0.3 is 9.47 Å². The molecule has 0 spiro atoms. The van der Waals surface area contributed by atoms with E-state index in [1.54, 1.807) is 6.08 Å². The Bertz CT molecular complexity index is 789. The first-order valence-electron chi connectivity index (χ1n) is 7.48. The number of aliphatic imine (C=N–C) groups is 1. The van der Waals surface area contributed by atoms with Gasteiger partial charge in [-0.05, 0) is 49.8 Å². The first-order chi connectivity index (χ1) is 11.2. The fraction of sp³-hybridized carbons (Fsp3) is 0.158. The van der Waals surface area contributed by atoms with Crippen molar-refractivity contribution in [3.63, 3.8) is 0 Å². The largest absolute Gasteiger partial charge is 0.494 e. The number of aryl methyl sites for hydroxylation is 1. The second-order valence-electron chi connectivity index (χ2n) is 5.21. The highest BCUT2D eigenvalue weighted by molar-refractivity contribution is 6.12. The lowest BCUT2D eigenvalue weighted by Crippen LogP contribution is -2.05. The minimum atomic E-state index is -0.435. The Morgan fingerprint density at radius 2 is 1.96 bits per heavy atom. The summed E-state index contributed by atoms with van der Waals surface area (Å²) >= 11 is 0. The van der Waals surface area contributed by atoms with Crippen molar-refractivity contribution in [2.75, 3.05) is 6.61 Å². The molecule has 0 unspecified atom stereocenters. The summed E-state index contributed by atoms with van der Waals surface area (Å²) in [7, 11) is 0. The SMILES string of the molecule is CCOc1ccc(C=C2N=C(c3cccc(C)c3)OC2=O)cc1. The zero-order valence-electron chi connectivity index (χ0n) is 13.1. The number of cyclic esters (lactones) is 1. The van der Waals surface area contributed by atoms with Crippen LogP contribution in [-0.4, -0.2) is 18.5 Å². The lowest BCUT2D eigenvalue weighted by molar-refractivity contribution is -0.129. The topological polar surface area (TPSA) is 47.9 Å². The van der Waals surface area contributed by atoms with E-state index in [4.69, 9.17) is 9.47 Å². The monoisotopic (exact) mass is 307 g/mol. The molecule has 116 valence electrons. The molecule has 0 amide bonds. The van der Waals surface area contributed by atoms with Crippen LogP contribution in [0.1, 0.15) is 23.6 Å². The number of nitrogens with zero attached hydrogens (tertiary/aromatic N) is 1. The number of rotatable bonds is 4. The van der Waals surface area contributed by atoms with E-state index in [1.165, 1.54) is 0 Å². The quantitative estimate of drug-likeness (QED) is 0.638. The molecule has 0 aromatic heterocycles. The highest BCUT2D eigenvalue weighted by atomic mass is 16.6. The number of benzene rings is 2. The molecule has 0 fully saturated rings. The van der Waals surface area contributed by atoms with E-state index in [0.717, 1.165) is 22.4 Å². The predicted octanol–water partition coefficient (Wildman–Crippen LogP) is 3.74. The number of carbonyl (C=O) groups is 1. The number of hydrogen-bond acceptors (Lipinski definition) is 4. The highest BCUT2D eigenvalue weighted by Gasteiger charge is 2.24. The molecular formula is C19H17NO3. The summed E-state index contributed by atoms with van der Waals surface area (Å²) in [6.07, 6.45) is 1.71. The van der Waals surface area contributed by atoms with Gasteiger partial charge in [0, 0.05) is 5.56 Å². The van der Waals surface area contributed by atoms with E-state index < -0.39 is 5.97 Å². The zero-order chi connectivity index (χ0) is 16.2. The van der Waals surface area contributed by atoms with Crippen LogP contribution in [0.25, 0.3) is 6.08 Å². The van der Waals surface area contributed by atoms with Crippen LogP contribution in [0, 0.1) is 6.92 Å². The van der Waals surface area contributed by atoms with Gasteiger partial charge in [-0.3, -0.25) is 0 Å². The van der Waals surface area contributed by atoms with Gasteiger partial charge in [-0.25, -0.2) is 9.79 Å². The van der Waals surface area contributed by atoms with E-state index in [1.807, 2.05) is 62.4 Å². The van der Waals surface area contributed by atoms with Crippen molar-refractivity contribution in [1.29, 1.82) is 0 Å². The van der Waals surface area contributed by atoms with Gasteiger partial charge in [0.2, 0.25) is 5.90 Å². The molecular weight excluding hydrogens is 290 g/mol. The molecule has 0 radical (unpaired) electrons. The summed E-state index contributed by atoms with van der Waals surface area (Å²) in [5.41, 5.74) is 3.05. The lowest BCUT2D eigenvalue weighted by Gasteiger charge is -2.02. The third-order valence-electron chi connectivity index (χ3n) is 3.38. The van der Waals surface area contributed by atoms with Gasteiger partial charge in [0.05, 0.1) is 6.61 Å². The summed E-state index contributed by atoms with van der Waals surface area (Å²) in [5, 5.41) is 0. The Hall–Kier alpha value is -2.88. The third-order valence-corrected chi connectivity index (χ3v) is 3.38. The summed E-state index contributed by atoms with van der Waals surface area (Å²) in [6, 6.07) is 15.2. The van der Waals surface area contributed by atoms with Crippen LogP contribution in [0.2, 0.25) is 0 Å². The number of ether oxygens (including phenoxy) is 2. The van der Waals surface area contributed by atoms with Crippen LogP contribution in [0.4, 0.5) is 0 Å². The average Bonchev–Trinajstić information content (AvgIpc) is 2.91. The maximum Gasteiger partial charge on any atom is 0.363 e. The molecule has 3 rings (SSSR count). The summed E-state index contributed by atoms with van der Waals surface area (Å²) in [6.45, 7) is 4.54. The van der Waals surface area contributed by atoms with E-state index in [-0.39, 0.29) is 0 Å². The van der Waals surface area contributed by atoms with E-state index >= 15 is 0 Å². The zero-order valence-corrected chi connectivity index (χ0v) is 13.1. The second-order valence-corrected chi connectivity index (χ2v) is 5.21. The molecule has 1 aliphatic rings. The smallest absolute Gasteiger partial charge is 0.363 e. The van der Waals surface area contributed by atoms with Crippen molar-refractivity contribution in [2.45, 2.75) is 13.8 Å².